The van der Waals surface area contributed by atoms with E-state index >= 15 is 0 Å². The number of pyridine rings is 1. The SMILES string of the molecule is CC(C)c1cc(C(=O)NC(C)c2ccccc2)c2cnn(C(C)C)c2n1. The maximum absolute atomic E-state index is 13.0. The Bertz CT molecular complexity index is 912. The molecule has 0 aliphatic rings. The highest BCUT2D eigenvalue weighted by molar-refractivity contribution is 6.05. The van der Waals surface area contributed by atoms with Crippen LogP contribution in [0.25, 0.3) is 11.0 Å². The number of fused-ring (bicyclic) bond motifs is 1. The maximum atomic E-state index is 13.0. The van der Waals surface area contributed by atoms with Crippen molar-refractivity contribution >= 4 is 16.9 Å². The monoisotopic (exact) mass is 350 g/mol. The minimum atomic E-state index is -0.0982. The number of nitrogens with one attached hydrogen (secondary N) is 1. The van der Waals surface area contributed by atoms with Crippen molar-refractivity contribution < 1.29 is 4.79 Å². The first-order valence-electron chi connectivity index (χ1n) is 9.12. The fourth-order valence-corrected chi connectivity index (χ4v) is 3.00. The molecule has 1 atom stereocenters. The van der Waals surface area contributed by atoms with E-state index in [1.807, 2.05) is 48.0 Å². The van der Waals surface area contributed by atoms with Crippen LogP contribution in [0, 0.1) is 0 Å². The van der Waals surface area contributed by atoms with Gasteiger partial charge in [-0.3, -0.25) is 4.79 Å². The molecule has 136 valence electrons. The van der Waals surface area contributed by atoms with Gasteiger partial charge in [0.05, 0.1) is 23.2 Å². The van der Waals surface area contributed by atoms with Crippen molar-refractivity contribution in [2.24, 2.45) is 0 Å². The van der Waals surface area contributed by atoms with Gasteiger partial charge >= 0.3 is 0 Å². The van der Waals surface area contributed by atoms with E-state index in [0.29, 0.717) is 5.56 Å². The zero-order valence-electron chi connectivity index (χ0n) is 16.0. The van der Waals surface area contributed by atoms with Crippen LogP contribution in [0.2, 0.25) is 0 Å². The Labute approximate surface area is 154 Å². The second-order valence-electron chi connectivity index (χ2n) is 7.28. The summed E-state index contributed by atoms with van der Waals surface area (Å²) in [7, 11) is 0. The Hall–Kier alpha value is -2.69. The fraction of sp³-hybridized carbons (Fsp3) is 0.381. The lowest BCUT2D eigenvalue weighted by Gasteiger charge is -2.16. The van der Waals surface area contributed by atoms with Crippen molar-refractivity contribution in [2.45, 2.75) is 52.6 Å². The molecule has 2 aromatic heterocycles. The summed E-state index contributed by atoms with van der Waals surface area (Å²) < 4.78 is 1.87. The normalized spacial score (nSPS) is 12.7. The number of carbonyl (C=O) groups excluding carboxylic acids is 1. The van der Waals surface area contributed by atoms with Gasteiger partial charge in [0.25, 0.3) is 5.91 Å². The molecule has 0 fully saturated rings. The lowest BCUT2D eigenvalue weighted by molar-refractivity contribution is 0.0941. The summed E-state index contributed by atoms with van der Waals surface area (Å²) in [5, 5.41) is 8.35. The molecule has 2 heterocycles. The minimum absolute atomic E-state index is 0.0745. The van der Waals surface area contributed by atoms with Crippen LogP contribution in [0.4, 0.5) is 0 Å². The molecule has 1 aromatic carbocycles. The number of hydrogen-bond donors (Lipinski definition) is 1. The van der Waals surface area contributed by atoms with Gasteiger partial charge in [-0.2, -0.15) is 5.10 Å². The third-order valence-electron chi connectivity index (χ3n) is 4.56. The third kappa shape index (κ3) is 3.47. The molecule has 1 amide bonds. The predicted octanol–water partition coefficient (Wildman–Crippen LogP) is 4.63. The molecule has 5 nitrogen and oxygen atoms in total. The van der Waals surface area contributed by atoms with Gasteiger partial charge in [-0.25, -0.2) is 9.67 Å². The van der Waals surface area contributed by atoms with Crippen LogP contribution < -0.4 is 5.32 Å². The number of nitrogens with zero attached hydrogens (tertiary/aromatic N) is 3. The van der Waals surface area contributed by atoms with Gasteiger partial charge in [0.15, 0.2) is 5.65 Å². The molecule has 0 aliphatic heterocycles. The van der Waals surface area contributed by atoms with E-state index < -0.39 is 0 Å². The number of amides is 1. The zero-order valence-corrected chi connectivity index (χ0v) is 16.0. The van der Waals surface area contributed by atoms with Crippen LogP contribution in [-0.2, 0) is 0 Å². The van der Waals surface area contributed by atoms with Crippen molar-refractivity contribution in [1.82, 2.24) is 20.1 Å². The van der Waals surface area contributed by atoms with Crippen LogP contribution >= 0.6 is 0 Å². The molecule has 3 rings (SSSR count). The van der Waals surface area contributed by atoms with Crippen LogP contribution in [0.1, 0.15) is 74.2 Å². The van der Waals surface area contributed by atoms with Crippen molar-refractivity contribution in [3.8, 4) is 0 Å². The highest BCUT2D eigenvalue weighted by atomic mass is 16.1. The summed E-state index contributed by atoms with van der Waals surface area (Å²) in [5.41, 5.74) is 3.38. The Morgan fingerprint density at radius 1 is 1.08 bits per heavy atom. The second kappa shape index (κ2) is 7.28. The number of hydrogen-bond acceptors (Lipinski definition) is 3. The molecule has 3 aromatic rings. The molecule has 0 spiro atoms. The van der Waals surface area contributed by atoms with E-state index in [-0.39, 0.29) is 23.9 Å². The van der Waals surface area contributed by atoms with Gasteiger partial charge in [-0.15, -0.1) is 0 Å². The van der Waals surface area contributed by atoms with Gasteiger partial charge in [0, 0.05) is 11.7 Å². The Kier molecular flexibility index (Phi) is 5.07. The van der Waals surface area contributed by atoms with E-state index in [1.54, 1.807) is 6.20 Å². The summed E-state index contributed by atoms with van der Waals surface area (Å²) in [6.45, 7) is 10.3. The first kappa shape index (κ1) is 18.1. The van der Waals surface area contributed by atoms with Crippen LogP contribution in [-0.4, -0.2) is 20.7 Å². The molecule has 1 unspecified atom stereocenters. The van der Waals surface area contributed by atoms with Crippen molar-refractivity contribution in [2.75, 3.05) is 0 Å². The Morgan fingerprint density at radius 3 is 2.38 bits per heavy atom. The number of benzene rings is 1. The standard InChI is InChI=1S/C21H26N4O/c1-13(2)19-11-17(18-12-22-25(14(3)4)20(18)24-19)21(26)23-15(5)16-9-7-6-8-10-16/h6-15H,1-5H3,(H,23,26). The highest BCUT2D eigenvalue weighted by Crippen LogP contribution is 2.25. The third-order valence-corrected chi connectivity index (χ3v) is 4.56. The summed E-state index contributed by atoms with van der Waals surface area (Å²) in [5.74, 6) is 0.131. The average molecular weight is 350 g/mol. The van der Waals surface area contributed by atoms with E-state index in [2.05, 4.69) is 38.1 Å². The van der Waals surface area contributed by atoms with E-state index in [1.165, 1.54) is 0 Å². The fourth-order valence-electron chi connectivity index (χ4n) is 3.00. The quantitative estimate of drug-likeness (QED) is 0.730. The van der Waals surface area contributed by atoms with Crippen molar-refractivity contribution in [1.29, 1.82) is 0 Å². The summed E-state index contributed by atoms with van der Waals surface area (Å²) in [6.07, 6.45) is 1.74. The number of carbonyl (C=O) groups is 1. The van der Waals surface area contributed by atoms with Crippen molar-refractivity contribution in [3.63, 3.8) is 0 Å². The lowest BCUT2D eigenvalue weighted by Crippen LogP contribution is -2.27. The van der Waals surface area contributed by atoms with Crippen molar-refractivity contribution in [3.05, 3.63) is 59.4 Å². The van der Waals surface area contributed by atoms with E-state index in [0.717, 1.165) is 22.3 Å². The lowest BCUT2D eigenvalue weighted by atomic mass is 10.0. The highest BCUT2D eigenvalue weighted by Gasteiger charge is 2.20. The summed E-state index contributed by atoms with van der Waals surface area (Å²) in [4.78, 5) is 17.8. The topological polar surface area (TPSA) is 59.8 Å². The van der Waals surface area contributed by atoms with Crippen LogP contribution in [0.5, 0.6) is 0 Å². The summed E-state index contributed by atoms with van der Waals surface area (Å²) in [6, 6.07) is 12.0. The largest absolute Gasteiger partial charge is 0.345 e. The maximum Gasteiger partial charge on any atom is 0.252 e. The molecule has 0 radical (unpaired) electrons. The Balaban J connectivity index is 2.01. The van der Waals surface area contributed by atoms with Crippen LogP contribution in [0.15, 0.2) is 42.6 Å². The molecular formula is C21H26N4O. The van der Waals surface area contributed by atoms with E-state index in [4.69, 9.17) is 4.98 Å². The first-order chi connectivity index (χ1) is 12.4. The predicted molar refractivity (Wildman–Crippen MR) is 104 cm³/mol. The van der Waals surface area contributed by atoms with Crippen LogP contribution in [0.3, 0.4) is 0 Å². The number of rotatable bonds is 5. The Morgan fingerprint density at radius 2 is 1.77 bits per heavy atom. The molecule has 26 heavy (non-hydrogen) atoms. The van der Waals surface area contributed by atoms with Gasteiger partial charge < -0.3 is 5.32 Å². The average Bonchev–Trinajstić information content (AvgIpc) is 3.05. The smallest absolute Gasteiger partial charge is 0.252 e. The second-order valence-corrected chi connectivity index (χ2v) is 7.28. The van der Waals surface area contributed by atoms with Gasteiger partial charge in [-0.05, 0) is 38.3 Å². The molecule has 0 bridgehead atoms. The minimum Gasteiger partial charge on any atom is -0.345 e. The molecular weight excluding hydrogens is 324 g/mol. The zero-order chi connectivity index (χ0) is 18.8. The van der Waals surface area contributed by atoms with E-state index in [9.17, 15) is 4.79 Å². The molecule has 1 N–H and O–H groups in total. The molecule has 0 saturated heterocycles. The van der Waals surface area contributed by atoms with Gasteiger partial charge in [0.1, 0.15) is 0 Å². The van der Waals surface area contributed by atoms with Gasteiger partial charge in [-0.1, -0.05) is 44.2 Å². The summed E-state index contributed by atoms with van der Waals surface area (Å²) >= 11 is 0. The number of aromatic nitrogens is 3. The molecule has 0 saturated carbocycles. The van der Waals surface area contributed by atoms with Gasteiger partial charge in [0.2, 0.25) is 0 Å². The first-order valence-corrected chi connectivity index (χ1v) is 9.12. The molecule has 0 aliphatic carbocycles. The molecule has 5 heteroatoms.